The molecule has 2 amide bonds. The van der Waals surface area contributed by atoms with Gasteiger partial charge in [0.2, 0.25) is 11.8 Å². The Morgan fingerprint density at radius 1 is 1.24 bits per heavy atom. The van der Waals surface area contributed by atoms with Crippen molar-refractivity contribution in [2.75, 3.05) is 20.1 Å². The van der Waals surface area contributed by atoms with Crippen LogP contribution in [0.1, 0.15) is 38.0 Å². The van der Waals surface area contributed by atoms with Gasteiger partial charge in [0.25, 0.3) is 0 Å². The van der Waals surface area contributed by atoms with Gasteiger partial charge < -0.3 is 14.2 Å². The molecule has 0 bridgehead atoms. The maximum Gasteiger partial charge on any atom is 0.225 e. The highest BCUT2D eigenvalue weighted by molar-refractivity contribution is 5.84. The molecule has 3 rings (SSSR count). The van der Waals surface area contributed by atoms with Crippen molar-refractivity contribution in [2.45, 2.75) is 39.7 Å². The van der Waals surface area contributed by atoms with Gasteiger partial charge in [-0.1, -0.05) is 25.1 Å². The van der Waals surface area contributed by atoms with Gasteiger partial charge in [-0.2, -0.15) is 0 Å². The minimum atomic E-state index is 0.00356. The Morgan fingerprint density at radius 2 is 1.92 bits per heavy atom. The molecule has 0 N–H and O–H groups in total. The third kappa shape index (κ3) is 3.55. The van der Waals surface area contributed by atoms with Crippen LogP contribution in [0, 0.1) is 5.92 Å². The molecule has 0 spiro atoms. The number of fused-ring (bicyclic) bond motifs is 1. The average Bonchev–Trinajstić information content (AvgIpc) is 2.99. The number of aryl methyl sites for hydroxylation is 1. The van der Waals surface area contributed by atoms with E-state index < -0.39 is 0 Å². The number of hydrogen-bond acceptors (Lipinski definition) is 3. The highest BCUT2D eigenvalue weighted by Crippen LogP contribution is 2.28. The molecular weight excluding hydrogens is 316 g/mol. The van der Waals surface area contributed by atoms with Gasteiger partial charge in [-0.3, -0.25) is 9.59 Å². The Kier molecular flexibility index (Phi) is 5.11. The molecule has 5 nitrogen and oxygen atoms in total. The smallest absolute Gasteiger partial charge is 0.225 e. The van der Waals surface area contributed by atoms with Gasteiger partial charge in [-0.05, 0) is 18.9 Å². The maximum atomic E-state index is 12.8. The summed E-state index contributed by atoms with van der Waals surface area (Å²) in [6, 6.07) is 7.99. The minimum absolute atomic E-state index is 0.00356. The predicted octanol–water partition coefficient (Wildman–Crippen LogP) is 3.21. The summed E-state index contributed by atoms with van der Waals surface area (Å²) in [6.45, 7) is 5.57. The van der Waals surface area contributed by atoms with E-state index in [1.54, 1.807) is 6.92 Å². The van der Waals surface area contributed by atoms with Crippen molar-refractivity contribution in [1.82, 2.24) is 9.80 Å². The van der Waals surface area contributed by atoms with Crippen molar-refractivity contribution >= 4 is 22.8 Å². The molecule has 0 unspecified atom stereocenters. The van der Waals surface area contributed by atoms with Crippen LogP contribution in [-0.4, -0.2) is 41.8 Å². The molecule has 134 valence electrons. The molecule has 1 saturated heterocycles. The number of benzene rings is 1. The molecule has 1 aliphatic rings. The molecular formula is C20H26N2O3. The highest BCUT2D eigenvalue weighted by atomic mass is 16.3. The van der Waals surface area contributed by atoms with Crippen molar-refractivity contribution in [3.63, 3.8) is 0 Å². The van der Waals surface area contributed by atoms with Crippen LogP contribution >= 0.6 is 0 Å². The fraction of sp³-hybridized carbons (Fsp3) is 0.500. The summed E-state index contributed by atoms with van der Waals surface area (Å²) < 4.78 is 5.93. The second kappa shape index (κ2) is 7.30. The van der Waals surface area contributed by atoms with E-state index in [1.807, 2.05) is 35.0 Å². The lowest BCUT2D eigenvalue weighted by atomic mass is 9.95. The molecule has 0 aliphatic carbocycles. The Bertz CT molecular complexity index is 772. The normalized spacial score (nSPS) is 15.6. The molecule has 0 atom stereocenters. The third-order valence-corrected chi connectivity index (χ3v) is 5.16. The minimum Gasteiger partial charge on any atom is -0.461 e. The lowest BCUT2D eigenvalue weighted by Gasteiger charge is -2.32. The molecule has 0 saturated carbocycles. The van der Waals surface area contributed by atoms with Crippen LogP contribution < -0.4 is 0 Å². The first-order chi connectivity index (χ1) is 12.0. The number of amides is 2. The van der Waals surface area contributed by atoms with Crippen molar-refractivity contribution < 1.29 is 14.0 Å². The lowest BCUT2D eigenvalue weighted by molar-refractivity contribution is -0.139. The van der Waals surface area contributed by atoms with Crippen LogP contribution in [0.15, 0.2) is 28.7 Å². The summed E-state index contributed by atoms with van der Waals surface area (Å²) in [5.74, 6) is 1.21. The van der Waals surface area contributed by atoms with E-state index in [4.69, 9.17) is 4.42 Å². The fourth-order valence-electron chi connectivity index (χ4n) is 3.68. The van der Waals surface area contributed by atoms with E-state index in [9.17, 15) is 9.59 Å². The lowest BCUT2D eigenvalue weighted by Crippen LogP contribution is -2.42. The zero-order valence-corrected chi connectivity index (χ0v) is 15.2. The molecule has 2 heterocycles. The zero-order chi connectivity index (χ0) is 18.0. The number of hydrogen-bond donors (Lipinski definition) is 0. The number of piperidine rings is 1. The Balaban J connectivity index is 1.71. The van der Waals surface area contributed by atoms with E-state index in [0.717, 1.165) is 41.6 Å². The van der Waals surface area contributed by atoms with E-state index >= 15 is 0 Å². The van der Waals surface area contributed by atoms with Crippen LogP contribution in [-0.2, 0) is 22.6 Å². The van der Waals surface area contributed by atoms with Gasteiger partial charge in [-0.15, -0.1) is 0 Å². The SMILES string of the molecule is CCc1oc2ccccc2c1CN(C)C(=O)C1CCN(C(C)=O)CC1. The van der Waals surface area contributed by atoms with Gasteiger partial charge in [0.15, 0.2) is 0 Å². The monoisotopic (exact) mass is 342 g/mol. The fourth-order valence-corrected chi connectivity index (χ4v) is 3.68. The largest absolute Gasteiger partial charge is 0.461 e. The van der Waals surface area contributed by atoms with Crippen molar-refractivity contribution in [3.8, 4) is 0 Å². The van der Waals surface area contributed by atoms with Gasteiger partial charge in [0, 0.05) is 56.9 Å². The van der Waals surface area contributed by atoms with E-state index in [-0.39, 0.29) is 17.7 Å². The van der Waals surface area contributed by atoms with Gasteiger partial charge in [-0.25, -0.2) is 0 Å². The average molecular weight is 342 g/mol. The third-order valence-electron chi connectivity index (χ3n) is 5.16. The molecule has 25 heavy (non-hydrogen) atoms. The van der Waals surface area contributed by atoms with E-state index in [1.165, 1.54) is 0 Å². The zero-order valence-electron chi connectivity index (χ0n) is 15.2. The van der Waals surface area contributed by atoms with Crippen LogP contribution in [0.5, 0.6) is 0 Å². The number of rotatable bonds is 4. The van der Waals surface area contributed by atoms with Crippen LogP contribution in [0.2, 0.25) is 0 Å². The molecule has 0 radical (unpaired) electrons. The van der Waals surface area contributed by atoms with Gasteiger partial charge in [0.05, 0.1) is 0 Å². The van der Waals surface area contributed by atoms with Crippen LogP contribution in [0.3, 0.4) is 0 Å². The van der Waals surface area contributed by atoms with Crippen molar-refractivity contribution in [3.05, 3.63) is 35.6 Å². The number of furan rings is 1. The second-order valence-corrected chi connectivity index (χ2v) is 6.83. The maximum absolute atomic E-state index is 12.8. The number of carbonyl (C=O) groups is 2. The number of likely N-dealkylation sites (tertiary alicyclic amines) is 1. The topological polar surface area (TPSA) is 53.8 Å². The summed E-state index contributed by atoms with van der Waals surface area (Å²) in [6.07, 6.45) is 2.30. The van der Waals surface area contributed by atoms with Crippen LogP contribution in [0.4, 0.5) is 0 Å². The first-order valence-corrected chi connectivity index (χ1v) is 9.01. The number of para-hydroxylation sites is 1. The van der Waals surface area contributed by atoms with Crippen LogP contribution in [0.25, 0.3) is 11.0 Å². The Labute approximate surface area is 148 Å². The first-order valence-electron chi connectivity index (χ1n) is 9.01. The first kappa shape index (κ1) is 17.5. The predicted molar refractivity (Wildman–Crippen MR) is 97.0 cm³/mol. The van der Waals surface area contributed by atoms with Crippen molar-refractivity contribution in [2.24, 2.45) is 5.92 Å². The summed E-state index contributed by atoms with van der Waals surface area (Å²) in [5, 5.41) is 1.09. The summed E-state index contributed by atoms with van der Waals surface area (Å²) >= 11 is 0. The quantitative estimate of drug-likeness (QED) is 0.857. The standard InChI is InChI=1S/C20H26N2O3/c1-4-18-17(16-7-5-6-8-19(16)25-18)13-21(3)20(24)15-9-11-22(12-10-15)14(2)23/h5-8,15H,4,9-13H2,1-3H3. The molecule has 5 heteroatoms. The second-order valence-electron chi connectivity index (χ2n) is 6.83. The van der Waals surface area contributed by atoms with Gasteiger partial charge >= 0.3 is 0 Å². The Hall–Kier alpha value is -2.30. The van der Waals surface area contributed by atoms with Crippen molar-refractivity contribution in [1.29, 1.82) is 0 Å². The molecule has 2 aromatic rings. The van der Waals surface area contributed by atoms with E-state index in [2.05, 4.69) is 13.0 Å². The molecule has 1 aromatic carbocycles. The number of nitrogens with zero attached hydrogens (tertiary/aromatic N) is 2. The van der Waals surface area contributed by atoms with E-state index in [0.29, 0.717) is 19.6 Å². The highest BCUT2D eigenvalue weighted by Gasteiger charge is 2.28. The molecule has 1 aromatic heterocycles. The Morgan fingerprint density at radius 3 is 2.56 bits per heavy atom. The van der Waals surface area contributed by atoms with Gasteiger partial charge in [0.1, 0.15) is 11.3 Å². The molecule has 1 fully saturated rings. The summed E-state index contributed by atoms with van der Waals surface area (Å²) in [4.78, 5) is 27.9. The number of carbonyl (C=O) groups excluding carboxylic acids is 2. The molecule has 1 aliphatic heterocycles. The summed E-state index contributed by atoms with van der Waals surface area (Å²) in [7, 11) is 1.86. The summed E-state index contributed by atoms with van der Waals surface area (Å²) in [5.41, 5.74) is 1.99.